The summed E-state index contributed by atoms with van der Waals surface area (Å²) in [6, 6.07) is 12.7. The molecule has 0 bridgehead atoms. The van der Waals surface area contributed by atoms with Crippen molar-refractivity contribution in [3.63, 3.8) is 0 Å². The van der Waals surface area contributed by atoms with E-state index >= 15 is 0 Å². The molecule has 0 fully saturated rings. The Balaban J connectivity index is 1.59. The first-order valence-electron chi connectivity index (χ1n) is 13.8. The highest BCUT2D eigenvalue weighted by Crippen LogP contribution is 2.23. The highest BCUT2D eigenvalue weighted by Gasteiger charge is 2.39. The molecule has 0 aromatic heterocycles. The Hall–Kier alpha value is -2.92. The van der Waals surface area contributed by atoms with Gasteiger partial charge in [-0.3, -0.25) is 0 Å². The lowest BCUT2D eigenvalue weighted by Gasteiger charge is -2.28. The Labute approximate surface area is 232 Å². The van der Waals surface area contributed by atoms with Crippen molar-refractivity contribution in [2.75, 3.05) is 39.6 Å². The molecule has 0 heterocycles. The third kappa shape index (κ3) is 12.7. The summed E-state index contributed by atoms with van der Waals surface area (Å²) in [7, 11) is -2.68. The van der Waals surface area contributed by atoms with Crippen LogP contribution in [-0.2, 0) is 29.2 Å². The van der Waals surface area contributed by atoms with E-state index < -0.39 is 20.9 Å². The van der Waals surface area contributed by atoms with Crippen LogP contribution < -0.4 is 10.1 Å². The quantitative estimate of drug-likeness (QED) is 0.120. The van der Waals surface area contributed by atoms with E-state index in [0.717, 1.165) is 47.4 Å². The first kappa shape index (κ1) is 32.3. The third-order valence-corrected chi connectivity index (χ3v) is 8.95. The van der Waals surface area contributed by atoms with Crippen molar-refractivity contribution in [2.24, 2.45) is 0 Å². The second-order valence-electron chi connectivity index (χ2n) is 8.85. The molecule has 0 unspecified atom stereocenters. The van der Waals surface area contributed by atoms with E-state index in [0.29, 0.717) is 58.5 Å². The largest absolute Gasteiger partial charge is 0.500 e. The van der Waals surface area contributed by atoms with Crippen molar-refractivity contribution in [1.82, 2.24) is 5.32 Å². The highest BCUT2D eigenvalue weighted by molar-refractivity contribution is 6.60. The SMILES string of the molecule is CCO[Si](CCCNC(=O)OCCCCCOc1ccc2cc(CC=CC(=O)O)ccc2c1)(OCC)OCC. The Morgan fingerprint density at radius 1 is 0.872 bits per heavy atom. The number of ether oxygens (including phenoxy) is 2. The van der Waals surface area contributed by atoms with Gasteiger partial charge in [-0.05, 0) is 81.3 Å². The number of hydrogen-bond acceptors (Lipinski definition) is 7. The molecule has 9 nitrogen and oxygen atoms in total. The van der Waals surface area contributed by atoms with Gasteiger partial charge in [0.05, 0.1) is 13.2 Å². The van der Waals surface area contributed by atoms with Gasteiger partial charge in [0.1, 0.15) is 5.75 Å². The van der Waals surface area contributed by atoms with E-state index in [-0.39, 0.29) is 0 Å². The Bertz CT molecular complexity index is 1030. The lowest BCUT2D eigenvalue weighted by atomic mass is 10.0. The number of aliphatic carboxylic acids is 1. The van der Waals surface area contributed by atoms with Crippen molar-refractivity contribution in [2.45, 2.75) is 58.9 Å². The van der Waals surface area contributed by atoms with Gasteiger partial charge in [0.25, 0.3) is 0 Å². The number of amides is 1. The molecule has 1 amide bonds. The van der Waals surface area contributed by atoms with Crippen molar-refractivity contribution in [1.29, 1.82) is 0 Å². The summed E-state index contributed by atoms with van der Waals surface area (Å²) in [4.78, 5) is 22.6. The van der Waals surface area contributed by atoms with Gasteiger partial charge in [0.15, 0.2) is 0 Å². The van der Waals surface area contributed by atoms with Crippen LogP contribution in [0.15, 0.2) is 48.6 Å². The Morgan fingerprint density at radius 3 is 2.23 bits per heavy atom. The monoisotopic (exact) mass is 561 g/mol. The molecule has 0 saturated heterocycles. The third-order valence-electron chi connectivity index (χ3n) is 5.80. The summed E-state index contributed by atoms with van der Waals surface area (Å²) in [6.45, 7) is 8.80. The molecule has 0 aliphatic rings. The molecule has 0 aliphatic carbocycles. The predicted octanol–water partition coefficient (Wildman–Crippen LogP) is 5.74. The van der Waals surface area contributed by atoms with E-state index in [1.165, 1.54) is 0 Å². The number of allylic oxidation sites excluding steroid dienone is 1. The van der Waals surface area contributed by atoms with E-state index in [4.69, 9.17) is 27.9 Å². The number of hydrogen-bond donors (Lipinski definition) is 2. The average Bonchev–Trinajstić information content (AvgIpc) is 2.91. The number of carbonyl (C=O) groups is 2. The van der Waals surface area contributed by atoms with Gasteiger partial charge in [-0.25, -0.2) is 9.59 Å². The molecule has 2 rings (SSSR count). The standard InChI is InChI=1S/C29H43NO8Si/c1-4-36-39(37-5-2,38-6-3)21-11-18-30-29(33)35-20-9-7-8-19-34-27-17-16-25-22-24(12-10-13-28(31)32)14-15-26(25)23-27/h10,13-17,22-23H,4-9,11-12,18-21H2,1-3H3,(H,30,33)(H,31,32). The second kappa shape index (κ2) is 18.4. The van der Waals surface area contributed by atoms with Crippen LogP contribution >= 0.6 is 0 Å². The molecule has 0 spiro atoms. The van der Waals surface area contributed by atoms with Gasteiger partial charge >= 0.3 is 20.9 Å². The number of benzene rings is 2. The summed E-state index contributed by atoms with van der Waals surface area (Å²) < 4.78 is 28.6. The first-order valence-corrected chi connectivity index (χ1v) is 15.7. The van der Waals surface area contributed by atoms with Gasteiger partial charge < -0.3 is 33.2 Å². The van der Waals surface area contributed by atoms with Crippen molar-refractivity contribution < 1.29 is 37.4 Å². The molecule has 0 aliphatic heterocycles. The number of alkyl carbamates (subject to hydrolysis) is 1. The minimum atomic E-state index is -2.68. The predicted molar refractivity (Wildman–Crippen MR) is 153 cm³/mol. The maximum Gasteiger partial charge on any atom is 0.500 e. The van der Waals surface area contributed by atoms with E-state index in [1.54, 1.807) is 6.08 Å². The number of carbonyl (C=O) groups excluding carboxylic acids is 1. The highest BCUT2D eigenvalue weighted by atomic mass is 28.4. The number of carboxylic acid groups (broad SMARTS) is 1. The van der Waals surface area contributed by atoms with Crippen LogP contribution in [0.1, 0.15) is 52.0 Å². The van der Waals surface area contributed by atoms with Crippen molar-refractivity contribution >= 4 is 31.6 Å². The normalized spacial score (nSPS) is 11.7. The zero-order valence-electron chi connectivity index (χ0n) is 23.4. The maximum atomic E-state index is 12.0. The number of fused-ring (bicyclic) bond motifs is 1. The van der Waals surface area contributed by atoms with E-state index in [9.17, 15) is 9.59 Å². The van der Waals surface area contributed by atoms with Gasteiger partial charge in [-0.1, -0.05) is 30.3 Å². The van der Waals surface area contributed by atoms with Crippen LogP contribution in [0.2, 0.25) is 6.04 Å². The average molecular weight is 562 g/mol. The van der Waals surface area contributed by atoms with Crippen LogP contribution in [-0.4, -0.2) is 65.6 Å². The summed E-state index contributed by atoms with van der Waals surface area (Å²) >= 11 is 0. The molecule has 0 saturated carbocycles. The van der Waals surface area contributed by atoms with E-state index in [1.807, 2.05) is 51.1 Å². The summed E-state index contributed by atoms with van der Waals surface area (Å²) in [5.74, 6) is -0.133. The molecule has 39 heavy (non-hydrogen) atoms. The number of unbranched alkanes of at least 4 members (excludes halogenated alkanes) is 2. The molecule has 10 heteroatoms. The van der Waals surface area contributed by atoms with Gasteiger partial charge in [0, 0.05) is 38.5 Å². The van der Waals surface area contributed by atoms with Gasteiger partial charge in [0.2, 0.25) is 0 Å². The molecule has 2 N–H and O–H groups in total. The fourth-order valence-corrected chi connectivity index (χ4v) is 6.68. The Morgan fingerprint density at radius 2 is 1.54 bits per heavy atom. The number of rotatable bonds is 20. The maximum absolute atomic E-state index is 12.0. The molecular formula is C29H43NO8Si. The topological polar surface area (TPSA) is 113 Å². The fraction of sp³-hybridized carbons (Fsp3) is 0.517. The van der Waals surface area contributed by atoms with Crippen molar-refractivity contribution in [3.05, 3.63) is 54.1 Å². The van der Waals surface area contributed by atoms with Crippen LogP contribution in [0.25, 0.3) is 10.8 Å². The summed E-state index contributed by atoms with van der Waals surface area (Å²) in [6.07, 6.45) is 6.16. The van der Waals surface area contributed by atoms with Gasteiger partial charge in [-0.2, -0.15) is 0 Å². The fourth-order valence-electron chi connectivity index (χ4n) is 4.07. The summed E-state index contributed by atoms with van der Waals surface area (Å²) in [5, 5.41) is 13.6. The molecule has 2 aromatic rings. The molecule has 0 atom stereocenters. The molecule has 216 valence electrons. The summed E-state index contributed by atoms with van der Waals surface area (Å²) in [5.41, 5.74) is 1.05. The van der Waals surface area contributed by atoms with Crippen LogP contribution in [0.4, 0.5) is 4.79 Å². The zero-order valence-corrected chi connectivity index (χ0v) is 24.4. The number of carboxylic acids is 1. The lowest BCUT2D eigenvalue weighted by molar-refractivity contribution is -0.131. The van der Waals surface area contributed by atoms with E-state index in [2.05, 4.69) is 11.4 Å². The second-order valence-corrected chi connectivity index (χ2v) is 11.6. The van der Waals surface area contributed by atoms with Gasteiger partial charge in [-0.15, -0.1) is 0 Å². The van der Waals surface area contributed by atoms with Crippen LogP contribution in [0.5, 0.6) is 5.75 Å². The minimum absolute atomic E-state index is 0.362. The molecular weight excluding hydrogens is 518 g/mol. The Kier molecular flexibility index (Phi) is 15.2. The smallest absolute Gasteiger partial charge is 0.494 e. The lowest BCUT2D eigenvalue weighted by Crippen LogP contribution is -2.46. The minimum Gasteiger partial charge on any atom is -0.494 e. The number of nitrogens with one attached hydrogen (secondary N) is 1. The van der Waals surface area contributed by atoms with Crippen LogP contribution in [0.3, 0.4) is 0 Å². The van der Waals surface area contributed by atoms with Crippen molar-refractivity contribution in [3.8, 4) is 5.75 Å². The molecule has 0 radical (unpaired) electrons. The molecule has 2 aromatic carbocycles. The van der Waals surface area contributed by atoms with Crippen LogP contribution in [0, 0.1) is 0 Å². The first-order chi connectivity index (χ1) is 18.9. The zero-order chi connectivity index (χ0) is 28.3.